The molecule has 0 heterocycles. The van der Waals surface area contributed by atoms with Crippen molar-refractivity contribution in [2.45, 2.75) is 31.8 Å². The Morgan fingerprint density at radius 2 is 2.31 bits per heavy atom. The molecule has 0 bridgehead atoms. The van der Waals surface area contributed by atoms with Crippen LogP contribution in [0.5, 0.6) is 0 Å². The molecule has 0 aromatic rings. The molecule has 72 valence electrons. The van der Waals surface area contributed by atoms with E-state index in [0.717, 1.165) is 12.5 Å². The van der Waals surface area contributed by atoms with E-state index in [-0.39, 0.29) is 0 Å². The lowest BCUT2D eigenvalue weighted by molar-refractivity contribution is -0.131. The fourth-order valence-electron chi connectivity index (χ4n) is 0.894. The zero-order valence-corrected chi connectivity index (χ0v) is 7.44. The Hall–Kier alpha value is -1.27. The minimum Gasteiger partial charge on any atom is -0.478 e. The van der Waals surface area contributed by atoms with Crippen LogP contribution in [0.4, 0.5) is 0 Å². The molecule has 0 amide bonds. The third-order valence-electron chi connectivity index (χ3n) is 1.52. The van der Waals surface area contributed by atoms with Crippen LogP contribution >= 0.6 is 0 Å². The molecule has 0 radical (unpaired) electrons. The van der Waals surface area contributed by atoms with Gasteiger partial charge in [0.1, 0.15) is 0 Å². The van der Waals surface area contributed by atoms with Crippen LogP contribution in [0.15, 0.2) is 12.2 Å². The van der Waals surface area contributed by atoms with Gasteiger partial charge >= 0.3 is 5.97 Å². The van der Waals surface area contributed by atoms with E-state index in [1.54, 1.807) is 6.08 Å². The summed E-state index contributed by atoms with van der Waals surface area (Å²) in [6.07, 6.45) is 9.62. The molecule has 0 aliphatic rings. The van der Waals surface area contributed by atoms with Crippen LogP contribution in [-0.4, -0.2) is 22.3 Å². The summed E-state index contributed by atoms with van der Waals surface area (Å²) in [6.45, 7) is 0. The second-order valence-corrected chi connectivity index (χ2v) is 2.73. The van der Waals surface area contributed by atoms with Crippen molar-refractivity contribution in [3.8, 4) is 12.3 Å². The predicted molar refractivity (Wildman–Crippen MR) is 50.1 cm³/mol. The number of unbranched alkanes of at least 4 members (excludes halogenated alkanes) is 1. The van der Waals surface area contributed by atoms with Gasteiger partial charge in [-0.1, -0.05) is 6.08 Å². The second-order valence-electron chi connectivity index (χ2n) is 2.73. The highest BCUT2D eigenvalue weighted by Crippen LogP contribution is 2.04. The van der Waals surface area contributed by atoms with Gasteiger partial charge in [0, 0.05) is 12.5 Å². The van der Waals surface area contributed by atoms with Crippen molar-refractivity contribution in [2.75, 3.05) is 0 Å². The lowest BCUT2D eigenvalue weighted by atomic mass is 10.1. The molecule has 0 spiro atoms. The molecule has 1 atom stereocenters. The first-order valence-corrected chi connectivity index (χ1v) is 4.17. The molecule has 0 fully saturated rings. The molecule has 2 N–H and O–H groups in total. The molecule has 0 rings (SSSR count). The average Bonchev–Trinajstić information content (AvgIpc) is 2.03. The van der Waals surface area contributed by atoms with Crippen molar-refractivity contribution in [1.82, 2.24) is 0 Å². The van der Waals surface area contributed by atoms with Gasteiger partial charge in [-0.3, -0.25) is 0 Å². The van der Waals surface area contributed by atoms with E-state index in [0.29, 0.717) is 19.3 Å². The number of aliphatic hydroxyl groups excluding tert-OH is 1. The van der Waals surface area contributed by atoms with Gasteiger partial charge in [-0.15, -0.1) is 12.3 Å². The predicted octanol–water partition coefficient (Wildman–Crippen LogP) is 1.18. The van der Waals surface area contributed by atoms with Gasteiger partial charge in [0.2, 0.25) is 0 Å². The molecule has 0 aromatic heterocycles. The minimum atomic E-state index is -0.941. The Labute approximate surface area is 78.1 Å². The monoisotopic (exact) mass is 182 g/mol. The van der Waals surface area contributed by atoms with Crippen molar-refractivity contribution >= 4 is 5.97 Å². The fraction of sp³-hybridized carbons (Fsp3) is 0.500. The van der Waals surface area contributed by atoms with Gasteiger partial charge in [-0.25, -0.2) is 4.79 Å². The third-order valence-corrected chi connectivity index (χ3v) is 1.52. The number of carboxylic acids is 1. The smallest absolute Gasteiger partial charge is 0.327 e. The molecule has 3 heteroatoms. The van der Waals surface area contributed by atoms with Crippen LogP contribution in [-0.2, 0) is 4.79 Å². The summed E-state index contributed by atoms with van der Waals surface area (Å²) in [4.78, 5) is 10.0. The summed E-state index contributed by atoms with van der Waals surface area (Å²) in [5, 5.41) is 17.4. The Morgan fingerprint density at radius 1 is 1.62 bits per heavy atom. The highest BCUT2D eigenvalue weighted by Gasteiger charge is 1.99. The molecule has 13 heavy (non-hydrogen) atoms. The Morgan fingerprint density at radius 3 is 2.85 bits per heavy atom. The maximum absolute atomic E-state index is 10.0. The standard InChI is InChI=1S/C10H14O3/c1-2-6-9(11)7-4-3-5-8-10(12)13/h1,5,8-9,11H,3-4,6-7H2,(H,12,13). The largest absolute Gasteiger partial charge is 0.478 e. The van der Waals surface area contributed by atoms with Crippen molar-refractivity contribution in [1.29, 1.82) is 0 Å². The average molecular weight is 182 g/mol. The number of allylic oxidation sites excluding steroid dienone is 1. The Balaban J connectivity index is 3.36. The van der Waals surface area contributed by atoms with E-state index < -0.39 is 12.1 Å². The lowest BCUT2D eigenvalue weighted by Crippen LogP contribution is -2.03. The molecule has 0 aromatic carbocycles. The van der Waals surface area contributed by atoms with Crippen molar-refractivity contribution in [2.24, 2.45) is 0 Å². The van der Waals surface area contributed by atoms with Crippen LogP contribution < -0.4 is 0 Å². The number of aliphatic carboxylic acids is 1. The van der Waals surface area contributed by atoms with Crippen LogP contribution in [0.1, 0.15) is 25.7 Å². The summed E-state index contributed by atoms with van der Waals surface area (Å²) in [5.41, 5.74) is 0. The number of terminal acetylenes is 1. The van der Waals surface area contributed by atoms with Crippen LogP contribution in [0, 0.1) is 12.3 Å². The highest BCUT2D eigenvalue weighted by atomic mass is 16.4. The molecule has 1 unspecified atom stereocenters. The molecule has 0 aliphatic carbocycles. The lowest BCUT2D eigenvalue weighted by Gasteiger charge is -2.03. The SMILES string of the molecule is C#CCC(O)CCCC=CC(=O)O. The van der Waals surface area contributed by atoms with E-state index in [2.05, 4.69) is 5.92 Å². The minimum absolute atomic E-state index is 0.364. The number of hydrogen-bond acceptors (Lipinski definition) is 2. The van der Waals surface area contributed by atoms with Crippen LogP contribution in [0.3, 0.4) is 0 Å². The molecular formula is C10H14O3. The zero-order valence-electron chi connectivity index (χ0n) is 7.44. The van der Waals surface area contributed by atoms with E-state index in [4.69, 9.17) is 11.5 Å². The van der Waals surface area contributed by atoms with Gasteiger partial charge in [-0.2, -0.15) is 0 Å². The van der Waals surface area contributed by atoms with Gasteiger partial charge in [0.15, 0.2) is 0 Å². The summed E-state index contributed by atoms with van der Waals surface area (Å²) in [5.74, 6) is 1.42. The number of hydrogen-bond donors (Lipinski definition) is 2. The van der Waals surface area contributed by atoms with Crippen LogP contribution in [0.2, 0.25) is 0 Å². The second kappa shape index (κ2) is 7.38. The molecule has 0 saturated carbocycles. The maximum atomic E-state index is 10.0. The van der Waals surface area contributed by atoms with Gasteiger partial charge in [0.05, 0.1) is 6.10 Å². The quantitative estimate of drug-likeness (QED) is 0.368. The molecular weight excluding hydrogens is 168 g/mol. The summed E-state index contributed by atoms with van der Waals surface area (Å²) in [7, 11) is 0. The van der Waals surface area contributed by atoms with Gasteiger partial charge in [0.25, 0.3) is 0 Å². The van der Waals surface area contributed by atoms with Gasteiger partial charge in [-0.05, 0) is 19.3 Å². The van der Waals surface area contributed by atoms with E-state index in [1.807, 2.05) is 0 Å². The molecule has 0 aliphatic heterocycles. The first-order valence-electron chi connectivity index (χ1n) is 4.17. The topological polar surface area (TPSA) is 57.5 Å². The Bertz CT molecular complexity index is 213. The van der Waals surface area contributed by atoms with E-state index in [1.165, 1.54) is 0 Å². The normalized spacial score (nSPS) is 12.6. The summed E-state index contributed by atoms with van der Waals surface area (Å²) >= 11 is 0. The van der Waals surface area contributed by atoms with E-state index in [9.17, 15) is 9.90 Å². The van der Waals surface area contributed by atoms with Crippen molar-refractivity contribution in [3.63, 3.8) is 0 Å². The first-order chi connectivity index (χ1) is 6.16. The number of rotatable bonds is 6. The van der Waals surface area contributed by atoms with Crippen molar-refractivity contribution < 1.29 is 15.0 Å². The number of carbonyl (C=O) groups is 1. The van der Waals surface area contributed by atoms with E-state index >= 15 is 0 Å². The highest BCUT2D eigenvalue weighted by molar-refractivity contribution is 5.79. The van der Waals surface area contributed by atoms with Gasteiger partial charge < -0.3 is 10.2 Å². The van der Waals surface area contributed by atoms with Crippen molar-refractivity contribution in [3.05, 3.63) is 12.2 Å². The Kier molecular flexibility index (Phi) is 6.66. The summed E-state index contributed by atoms with van der Waals surface area (Å²) < 4.78 is 0. The maximum Gasteiger partial charge on any atom is 0.327 e. The zero-order chi connectivity index (χ0) is 10.1. The summed E-state index contributed by atoms with van der Waals surface area (Å²) in [6, 6.07) is 0. The molecule has 0 saturated heterocycles. The first kappa shape index (κ1) is 11.7. The van der Waals surface area contributed by atoms with Crippen LogP contribution in [0.25, 0.3) is 0 Å². The number of aliphatic hydroxyl groups is 1. The fourth-order valence-corrected chi connectivity index (χ4v) is 0.894. The molecule has 3 nitrogen and oxygen atoms in total. The number of carboxylic acid groups (broad SMARTS) is 1. The third kappa shape index (κ3) is 8.64.